The fourth-order valence-corrected chi connectivity index (χ4v) is 7.60. The maximum Gasteiger partial charge on any atom is 0.408 e. The van der Waals surface area contributed by atoms with Gasteiger partial charge in [-0.15, -0.1) is 0 Å². The van der Waals surface area contributed by atoms with Crippen molar-refractivity contribution in [1.29, 1.82) is 0 Å². The van der Waals surface area contributed by atoms with Crippen molar-refractivity contribution in [3.63, 3.8) is 0 Å². The van der Waals surface area contributed by atoms with E-state index in [-0.39, 0.29) is 37.6 Å². The number of rotatable bonds is 8. The van der Waals surface area contributed by atoms with Gasteiger partial charge in [-0.3, -0.25) is 9.59 Å². The molecule has 3 amide bonds. The van der Waals surface area contributed by atoms with Gasteiger partial charge in [0.25, 0.3) is 0 Å². The van der Waals surface area contributed by atoms with Crippen molar-refractivity contribution in [2.75, 3.05) is 7.11 Å². The van der Waals surface area contributed by atoms with E-state index in [4.69, 9.17) is 18.9 Å². The maximum absolute atomic E-state index is 14.2. The van der Waals surface area contributed by atoms with Crippen molar-refractivity contribution in [1.82, 2.24) is 16.0 Å². The third-order valence-electron chi connectivity index (χ3n) is 8.27. The number of alkyl carbamates (subject to hydrolysis) is 1. The summed E-state index contributed by atoms with van der Waals surface area (Å²) in [7, 11) is 1.21. The van der Waals surface area contributed by atoms with E-state index in [1.54, 1.807) is 43.3 Å². The van der Waals surface area contributed by atoms with Crippen LogP contribution in [0.1, 0.15) is 29.2 Å². The Morgan fingerprint density at radius 3 is 2.13 bits per heavy atom. The Morgan fingerprint density at radius 1 is 0.906 bits per heavy atom. The highest BCUT2D eigenvalue weighted by Crippen LogP contribution is 2.42. The number of phenolic OH excluding ortho intramolecular Hbond substituents is 1. The molecule has 4 N–H and O–H groups in total. The van der Waals surface area contributed by atoms with Gasteiger partial charge in [0.15, 0.2) is 17.2 Å². The summed E-state index contributed by atoms with van der Waals surface area (Å²) >= 11 is 9.01. The van der Waals surface area contributed by atoms with Crippen molar-refractivity contribution in [2.24, 2.45) is 0 Å². The van der Waals surface area contributed by atoms with Crippen LogP contribution in [0.3, 0.4) is 0 Å². The second-order valence-corrected chi connectivity index (χ2v) is 15.0. The first-order valence-electron chi connectivity index (χ1n) is 16.4. The van der Waals surface area contributed by atoms with Crippen LogP contribution in [0.4, 0.5) is 4.79 Å². The molecule has 4 aromatic rings. The molecule has 2 aliphatic heterocycles. The molecule has 0 aromatic heterocycles. The van der Waals surface area contributed by atoms with Crippen molar-refractivity contribution < 1.29 is 43.2 Å². The molecule has 278 valence electrons. The summed E-state index contributed by atoms with van der Waals surface area (Å²) in [6, 6.07) is 21.2. The lowest BCUT2D eigenvalue weighted by Crippen LogP contribution is -2.60. The predicted molar refractivity (Wildman–Crippen MR) is 210 cm³/mol. The Morgan fingerprint density at radius 2 is 1.51 bits per heavy atom. The molecule has 12 nitrogen and oxygen atoms in total. The van der Waals surface area contributed by atoms with Gasteiger partial charge in [0.05, 0.1) is 32.3 Å². The zero-order chi connectivity index (χ0) is 38.1. The standard InChI is InChI=1S/C38H36Br2IN3O9/c1-21(51-19-22-9-5-3-6-10-22)32-36(47)42-30(37(48)50-2)17-24-13-26(39)34(27(40)14-24)53-31-18-25(15-28(41)33(31)45)16-29(35(46)44-32)43-38(49)52-20-23-11-7-4-8-12-23/h3-15,18,21,29-30,32,45H,16-17,19-20H2,1-2H3,(H,42,47)(H,43,49)(H,44,46)/t21?,29-,30?,32-/m0/s1. The van der Waals surface area contributed by atoms with Gasteiger partial charge in [-0.05, 0) is 108 Å². The van der Waals surface area contributed by atoms with Crippen LogP contribution in [0.25, 0.3) is 0 Å². The number of benzene rings is 4. The molecule has 0 spiro atoms. The first-order chi connectivity index (χ1) is 25.4. The van der Waals surface area contributed by atoms with Gasteiger partial charge in [-0.2, -0.15) is 0 Å². The molecule has 0 radical (unpaired) electrons. The van der Waals surface area contributed by atoms with Gasteiger partial charge in [0, 0.05) is 12.8 Å². The number of ether oxygens (including phenoxy) is 4. The van der Waals surface area contributed by atoms with E-state index >= 15 is 0 Å². The summed E-state index contributed by atoms with van der Waals surface area (Å²) in [4.78, 5) is 54.5. The molecule has 6 rings (SSSR count). The number of nitrogens with one attached hydrogen (secondary N) is 3. The van der Waals surface area contributed by atoms with E-state index in [1.807, 2.05) is 71.1 Å². The summed E-state index contributed by atoms with van der Waals surface area (Å²) in [5, 5.41) is 19.1. The molecule has 2 aliphatic rings. The number of hydrogen-bond donors (Lipinski definition) is 4. The van der Waals surface area contributed by atoms with Crippen molar-refractivity contribution in [3.8, 4) is 17.2 Å². The minimum atomic E-state index is -1.33. The molecule has 0 saturated carbocycles. The summed E-state index contributed by atoms with van der Waals surface area (Å²) in [5.74, 6) is -1.91. The molecule has 0 saturated heterocycles. The van der Waals surface area contributed by atoms with Gasteiger partial charge >= 0.3 is 12.1 Å². The average Bonchev–Trinajstić information content (AvgIpc) is 3.14. The lowest BCUT2D eigenvalue weighted by atomic mass is 10.0. The fraction of sp³-hybridized carbons (Fsp3) is 0.263. The predicted octanol–water partition coefficient (Wildman–Crippen LogP) is 6.46. The molecule has 0 fully saturated rings. The number of carbonyl (C=O) groups excluding carboxylic acids is 4. The summed E-state index contributed by atoms with van der Waals surface area (Å²) in [6.07, 6.45) is -1.88. The first kappa shape index (κ1) is 40.0. The quantitative estimate of drug-likeness (QED) is 0.115. The lowest BCUT2D eigenvalue weighted by molar-refractivity contribution is -0.146. The van der Waals surface area contributed by atoms with E-state index in [1.165, 1.54) is 7.11 Å². The molecule has 4 bridgehead atoms. The fourth-order valence-electron chi connectivity index (χ4n) is 5.49. The highest BCUT2D eigenvalue weighted by atomic mass is 127. The number of carbonyl (C=O) groups is 4. The number of hydrogen-bond acceptors (Lipinski definition) is 9. The molecule has 4 aromatic carbocycles. The number of fused-ring (bicyclic) bond motifs is 10. The van der Waals surface area contributed by atoms with Crippen LogP contribution in [-0.2, 0) is 54.6 Å². The summed E-state index contributed by atoms with van der Waals surface area (Å²) in [6.45, 7) is 1.69. The zero-order valence-corrected chi connectivity index (χ0v) is 33.9. The number of phenols is 1. The third kappa shape index (κ3) is 10.9. The topological polar surface area (TPSA) is 162 Å². The van der Waals surface area contributed by atoms with Gasteiger partial charge in [0.2, 0.25) is 11.8 Å². The minimum Gasteiger partial charge on any atom is -0.504 e. The van der Waals surface area contributed by atoms with E-state index in [0.29, 0.717) is 29.4 Å². The summed E-state index contributed by atoms with van der Waals surface area (Å²) < 4.78 is 24.1. The van der Waals surface area contributed by atoms with Gasteiger partial charge < -0.3 is 40.0 Å². The van der Waals surface area contributed by atoms with Gasteiger partial charge in [-0.25, -0.2) is 9.59 Å². The highest BCUT2D eigenvalue weighted by molar-refractivity contribution is 14.1. The van der Waals surface area contributed by atoms with Crippen LogP contribution in [-0.4, -0.2) is 60.3 Å². The van der Waals surface area contributed by atoms with E-state index in [0.717, 1.165) is 11.1 Å². The molecule has 0 aliphatic carbocycles. The first-order valence-corrected chi connectivity index (χ1v) is 19.1. The molecule has 53 heavy (non-hydrogen) atoms. The lowest BCUT2D eigenvalue weighted by Gasteiger charge is -2.28. The monoisotopic (exact) mass is 963 g/mol. The normalized spacial score (nSPS) is 18.1. The van der Waals surface area contributed by atoms with Crippen LogP contribution >= 0.6 is 54.5 Å². The Hall–Kier alpha value is -4.19. The Balaban J connectivity index is 1.54. The Kier molecular flexibility index (Phi) is 14.1. The van der Waals surface area contributed by atoms with Crippen molar-refractivity contribution in [2.45, 2.75) is 57.2 Å². The Labute approximate surface area is 336 Å². The SMILES string of the molecule is COC(=O)C1Cc2cc(Br)c(c(Br)c2)Oc2cc(cc(I)c2O)C[C@H](NC(=O)OCc2ccccc2)C(=O)N[C@@H](C(C)OCc2ccccc2)C(=O)N1. The van der Waals surface area contributed by atoms with E-state index in [9.17, 15) is 24.3 Å². The van der Waals surface area contributed by atoms with Crippen LogP contribution in [0.2, 0.25) is 0 Å². The minimum absolute atomic E-state index is 0.00584. The Bertz CT molecular complexity index is 1930. The maximum atomic E-state index is 14.2. The molecular formula is C38H36Br2IN3O9. The summed E-state index contributed by atoms with van der Waals surface area (Å²) in [5.41, 5.74) is 2.71. The van der Waals surface area contributed by atoms with Gasteiger partial charge in [0.1, 0.15) is 24.7 Å². The number of amides is 3. The number of aromatic hydroxyl groups is 1. The van der Waals surface area contributed by atoms with E-state index in [2.05, 4.69) is 47.8 Å². The van der Waals surface area contributed by atoms with Gasteiger partial charge in [-0.1, -0.05) is 60.7 Å². The molecular weight excluding hydrogens is 929 g/mol. The number of halogens is 3. The number of methoxy groups -OCH3 is 1. The van der Waals surface area contributed by atoms with E-state index < -0.39 is 48.1 Å². The third-order valence-corrected chi connectivity index (χ3v) is 10.3. The second-order valence-electron chi connectivity index (χ2n) is 12.2. The van der Waals surface area contributed by atoms with Crippen LogP contribution in [0.15, 0.2) is 93.9 Å². The van der Waals surface area contributed by atoms with Crippen molar-refractivity contribution in [3.05, 3.63) is 120 Å². The van der Waals surface area contributed by atoms with Crippen LogP contribution in [0.5, 0.6) is 17.2 Å². The number of esters is 1. The molecule has 2 unspecified atom stereocenters. The zero-order valence-electron chi connectivity index (χ0n) is 28.6. The van der Waals surface area contributed by atoms with Crippen molar-refractivity contribution >= 4 is 78.3 Å². The second kappa shape index (κ2) is 18.7. The molecule has 15 heteroatoms. The molecule has 4 atom stereocenters. The van der Waals surface area contributed by atoms with Crippen LogP contribution < -0.4 is 20.7 Å². The average molecular weight is 965 g/mol. The van der Waals surface area contributed by atoms with Crippen LogP contribution in [0, 0.1) is 3.57 Å². The largest absolute Gasteiger partial charge is 0.504 e. The smallest absolute Gasteiger partial charge is 0.408 e. The molecule has 2 heterocycles. The highest BCUT2D eigenvalue weighted by Gasteiger charge is 2.35.